The molecule has 0 aliphatic carbocycles. The summed E-state index contributed by atoms with van der Waals surface area (Å²) in [5, 5.41) is 11.9. The molecule has 1 amide bonds. The van der Waals surface area contributed by atoms with E-state index in [4.69, 9.17) is 4.74 Å². The van der Waals surface area contributed by atoms with E-state index in [2.05, 4.69) is 5.32 Å². The van der Waals surface area contributed by atoms with Gasteiger partial charge in [-0.1, -0.05) is 42.5 Å². The maximum atomic E-state index is 12.1. The number of nitrogens with one attached hydrogen (secondary N) is 1. The number of aliphatic carboxylic acids is 1. The number of benzene rings is 2. The largest absolute Gasteiger partial charge is 0.481 e. The van der Waals surface area contributed by atoms with Crippen LogP contribution in [0.2, 0.25) is 0 Å². The topological polar surface area (TPSA) is 75.6 Å². The first-order valence-electron chi connectivity index (χ1n) is 8.13. The Morgan fingerprint density at radius 2 is 1.68 bits per heavy atom. The van der Waals surface area contributed by atoms with E-state index in [1.807, 2.05) is 63.2 Å². The second-order valence-corrected chi connectivity index (χ2v) is 6.15. The first-order valence-corrected chi connectivity index (χ1v) is 8.13. The van der Waals surface area contributed by atoms with Gasteiger partial charge in [-0.25, -0.2) is 4.79 Å². The lowest BCUT2D eigenvalue weighted by molar-refractivity contribution is -0.137. The molecule has 0 heterocycles. The molecule has 132 valence electrons. The van der Waals surface area contributed by atoms with E-state index in [1.165, 1.54) is 0 Å². The lowest BCUT2D eigenvalue weighted by Crippen LogP contribution is -2.31. The molecule has 0 saturated heterocycles. The molecule has 2 N–H and O–H groups in total. The Kier molecular flexibility index (Phi) is 6.17. The van der Waals surface area contributed by atoms with Gasteiger partial charge in [-0.2, -0.15) is 0 Å². The van der Waals surface area contributed by atoms with Crippen LogP contribution in [0, 0.1) is 20.8 Å². The van der Waals surface area contributed by atoms with Crippen molar-refractivity contribution in [1.82, 2.24) is 5.32 Å². The Morgan fingerprint density at radius 3 is 2.32 bits per heavy atom. The summed E-state index contributed by atoms with van der Waals surface area (Å²) in [6, 6.07) is 12.6. The summed E-state index contributed by atoms with van der Waals surface area (Å²) < 4.78 is 5.21. The summed E-state index contributed by atoms with van der Waals surface area (Å²) in [5.41, 5.74) is 4.78. The molecule has 25 heavy (non-hydrogen) atoms. The molecule has 0 radical (unpaired) electrons. The summed E-state index contributed by atoms with van der Waals surface area (Å²) in [6.07, 6.45) is -0.836. The molecular weight excluding hydrogens is 318 g/mol. The minimum Gasteiger partial charge on any atom is -0.481 e. The van der Waals surface area contributed by atoms with Crippen molar-refractivity contribution in [2.45, 2.75) is 39.8 Å². The van der Waals surface area contributed by atoms with Gasteiger partial charge in [0, 0.05) is 0 Å². The molecule has 0 aliphatic rings. The number of hydrogen-bond acceptors (Lipinski definition) is 3. The molecule has 1 atom stereocenters. The van der Waals surface area contributed by atoms with E-state index in [0.29, 0.717) is 0 Å². The monoisotopic (exact) mass is 341 g/mol. The predicted molar refractivity (Wildman–Crippen MR) is 95.4 cm³/mol. The van der Waals surface area contributed by atoms with Gasteiger partial charge < -0.3 is 15.2 Å². The van der Waals surface area contributed by atoms with Gasteiger partial charge in [0.05, 0.1) is 12.5 Å². The molecule has 5 nitrogen and oxygen atoms in total. The quantitative estimate of drug-likeness (QED) is 0.831. The SMILES string of the molecule is Cc1cc(C)c([C@H](CC(=O)O)NC(=O)OCc2ccccc2)cc1C. The van der Waals surface area contributed by atoms with E-state index in [0.717, 1.165) is 27.8 Å². The van der Waals surface area contributed by atoms with Gasteiger partial charge in [0.2, 0.25) is 0 Å². The number of carbonyl (C=O) groups excluding carboxylic acids is 1. The Morgan fingerprint density at radius 1 is 1.04 bits per heavy atom. The number of amides is 1. The number of carboxylic acid groups (broad SMARTS) is 1. The third kappa shape index (κ3) is 5.35. The number of ether oxygens (including phenoxy) is 1. The lowest BCUT2D eigenvalue weighted by atomic mass is 9.94. The van der Waals surface area contributed by atoms with E-state index < -0.39 is 18.1 Å². The fraction of sp³-hybridized carbons (Fsp3) is 0.300. The van der Waals surface area contributed by atoms with Crippen molar-refractivity contribution < 1.29 is 19.4 Å². The first kappa shape index (κ1) is 18.5. The average Bonchev–Trinajstić information content (AvgIpc) is 2.56. The van der Waals surface area contributed by atoms with Crippen molar-refractivity contribution in [3.8, 4) is 0 Å². The van der Waals surface area contributed by atoms with Crippen molar-refractivity contribution in [2.24, 2.45) is 0 Å². The Labute approximate surface area is 147 Å². The second-order valence-electron chi connectivity index (χ2n) is 6.15. The van der Waals surface area contributed by atoms with Crippen LogP contribution in [-0.4, -0.2) is 17.2 Å². The Hall–Kier alpha value is -2.82. The normalized spacial score (nSPS) is 11.6. The van der Waals surface area contributed by atoms with Crippen LogP contribution in [0.15, 0.2) is 42.5 Å². The van der Waals surface area contributed by atoms with Gasteiger partial charge in [0.25, 0.3) is 0 Å². The zero-order chi connectivity index (χ0) is 18.4. The van der Waals surface area contributed by atoms with Crippen LogP contribution >= 0.6 is 0 Å². The van der Waals surface area contributed by atoms with Crippen molar-refractivity contribution >= 4 is 12.1 Å². The van der Waals surface area contributed by atoms with Crippen molar-refractivity contribution in [2.75, 3.05) is 0 Å². The van der Waals surface area contributed by atoms with Crippen molar-refractivity contribution in [3.63, 3.8) is 0 Å². The summed E-state index contributed by atoms with van der Waals surface area (Å²) in [7, 11) is 0. The summed E-state index contributed by atoms with van der Waals surface area (Å²) in [4.78, 5) is 23.3. The highest BCUT2D eigenvalue weighted by molar-refractivity contribution is 5.72. The van der Waals surface area contributed by atoms with Crippen LogP contribution in [0.3, 0.4) is 0 Å². The second kappa shape index (κ2) is 8.33. The van der Waals surface area contributed by atoms with Crippen LogP contribution in [0.5, 0.6) is 0 Å². The summed E-state index contributed by atoms with van der Waals surface area (Å²) in [5.74, 6) is -0.981. The Balaban J connectivity index is 2.11. The van der Waals surface area contributed by atoms with Crippen LogP contribution in [-0.2, 0) is 16.1 Å². The third-order valence-corrected chi connectivity index (χ3v) is 4.14. The van der Waals surface area contributed by atoms with Crippen LogP contribution in [0.1, 0.15) is 40.3 Å². The van der Waals surface area contributed by atoms with E-state index >= 15 is 0 Å². The zero-order valence-electron chi connectivity index (χ0n) is 14.7. The molecule has 0 spiro atoms. The van der Waals surface area contributed by atoms with E-state index in [1.54, 1.807) is 0 Å². The molecule has 0 unspecified atom stereocenters. The van der Waals surface area contributed by atoms with Crippen molar-refractivity contribution in [3.05, 3.63) is 70.3 Å². The molecule has 0 bridgehead atoms. The minimum absolute atomic E-state index is 0.137. The molecule has 0 fully saturated rings. The zero-order valence-corrected chi connectivity index (χ0v) is 14.7. The first-order chi connectivity index (χ1) is 11.9. The standard InChI is InChI=1S/C20H23NO4/c1-13-9-15(3)17(10-14(13)2)18(11-19(22)23)21-20(24)25-12-16-7-5-4-6-8-16/h4-10,18H,11-12H2,1-3H3,(H,21,24)(H,22,23)/t18-/m0/s1. The number of hydrogen-bond donors (Lipinski definition) is 2. The fourth-order valence-electron chi connectivity index (χ4n) is 2.68. The van der Waals surface area contributed by atoms with E-state index in [-0.39, 0.29) is 13.0 Å². The van der Waals surface area contributed by atoms with Gasteiger partial charge in [-0.15, -0.1) is 0 Å². The highest BCUT2D eigenvalue weighted by Crippen LogP contribution is 2.24. The Bertz CT molecular complexity index is 756. The van der Waals surface area contributed by atoms with Gasteiger partial charge in [0.15, 0.2) is 0 Å². The highest BCUT2D eigenvalue weighted by atomic mass is 16.5. The number of alkyl carbamates (subject to hydrolysis) is 1. The lowest BCUT2D eigenvalue weighted by Gasteiger charge is -2.20. The minimum atomic E-state index is -0.981. The average molecular weight is 341 g/mol. The number of carbonyl (C=O) groups is 2. The van der Waals surface area contributed by atoms with Gasteiger partial charge >= 0.3 is 12.1 Å². The number of aryl methyl sites for hydroxylation is 3. The maximum absolute atomic E-state index is 12.1. The third-order valence-electron chi connectivity index (χ3n) is 4.14. The van der Waals surface area contributed by atoms with Gasteiger partial charge in [-0.05, 0) is 48.6 Å². The predicted octanol–water partition coefficient (Wildman–Crippen LogP) is 4.05. The smallest absolute Gasteiger partial charge is 0.407 e. The summed E-state index contributed by atoms with van der Waals surface area (Å²) in [6.45, 7) is 6.01. The number of carboxylic acids is 1. The fourth-order valence-corrected chi connectivity index (χ4v) is 2.68. The molecular formula is C20H23NO4. The molecule has 2 rings (SSSR count). The molecule has 2 aromatic carbocycles. The van der Waals surface area contributed by atoms with E-state index in [9.17, 15) is 14.7 Å². The van der Waals surface area contributed by atoms with Crippen LogP contribution in [0.4, 0.5) is 4.79 Å². The molecule has 0 saturated carbocycles. The van der Waals surface area contributed by atoms with Crippen LogP contribution in [0.25, 0.3) is 0 Å². The highest BCUT2D eigenvalue weighted by Gasteiger charge is 2.21. The summed E-state index contributed by atoms with van der Waals surface area (Å²) >= 11 is 0. The molecule has 5 heteroatoms. The molecule has 0 aliphatic heterocycles. The molecule has 0 aromatic heterocycles. The molecule has 2 aromatic rings. The van der Waals surface area contributed by atoms with Gasteiger partial charge in [0.1, 0.15) is 6.61 Å². The van der Waals surface area contributed by atoms with Gasteiger partial charge in [-0.3, -0.25) is 4.79 Å². The number of rotatable bonds is 6. The maximum Gasteiger partial charge on any atom is 0.407 e. The van der Waals surface area contributed by atoms with Crippen molar-refractivity contribution in [1.29, 1.82) is 0 Å². The van der Waals surface area contributed by atoms with Crippen LogP contribution < -0.4 is 5.32 Å².